The highest BCUT2D eigenvalue weighted by Crippen LogP contribution is 2.32. The van der Waals surface area contributed by atoms with Gasteiger partial charge < -0.3 is 4.74 Å². The minimum atomic E-state index is -0.587. The van der Waals surface area contributed by atoms with Gasteiger partial charge in [-0.2, -0.15) is 0 Å². The lowest BCUT2D eigenvalue weighted by molar-refractivity contribution is 0.0584. The predicted octanol–water partition coefficient (Wildman–Crippen LogP) is 3.29. The molecule has 1 heterocycles. The molecule has 0 bridgehead atoms. The highest BCUT2D eigenvalue weighted by molar-refractivity contribution is 5.91. The minimum Gasteiger partial charge on any atom is -0.443 e. The molecule has 17 heavy (non-hydrogen) atoms. The second-order valence-corrected chi connectivity index (χ2v) is 5.32. The first kappa shape index (κ1) is 10.6. The maximum atomic E-state index is 12.2. The Morgan fingerprint density at radius 2 is 2.18 bits per heavy atom. The standard InChI is InChI=1S/C14H19NO2/c1-10-6-5-7-11-8-9-15(12(10)11)13(16)17-14(2,3)4/h5-7H,8-9H2,1-4H3/i9D. The maximum absolute atomic E-state index is 12.2. The molecule has 0 saturated heterocycles. The number of benzene rings is 1. The number of hydrogen-bond donors (Lipinski definition) is 0. The quantitative estimate of drug-likeness (QED) is 0.689. The fraction of sp³-hybridized carbons (Fsp3) is 0.500. The van der Waals surface area contributed by atoms with Crippen molar-refractivity contribution < 1.29 is 10.9 Å². The molecule has 0 spiro atoms. The third-order valence-corrected chi connectivity index (χ3v) is 2.65. The number of ether oxygens (including phenoxy) is 1. The van der Waals surface area contributed by atoms with E-state index in [0.717, 1.165) is 16.8 Å². The highest BCUT2D eigenvalue weighted by atomic mass is 16.6. The van der Waals surface area contributed by atoms with Crippen molar-refractivity contribution in [2.75, 3.05) is 11.4 Å². The van der Waals surface area contributed by atoms with E-state index in [1.165, 1.54) is 4.90 Å². The van der Waals surface area contributed by atoms with Crippen molar-refractivity contribution in [3.8, 4) is 0 Å². The van der Waals surface area contributed by atoms with E-state index < -0.39 is 18.2 Å². The zero-order valence-corrected chi connectivity index (χ0v) is 10.8. The van der Waals surface area contributed by atoms with Crippen LogP contribution in [-0.4, -0.2) is 18.2 Å². The number of para-hydroxylation sites is 1. The van der Waals surface area contributed by atoms with Crippen molar-refractivity contribution in [3.63, 3.8) is 0 Å². The molecule has 0 fully saturated rings. The summed E-state index contributed by atoms with van der Waals surface area (Å²) in [6.07, 6.45) is 0.131. The van der Waals surface area contributed by atoms with Gasteiger partial charge >= 0.3 is 6.09 Å². The van der Waals surface area contributed by atoms with Crippen LogP contribution in [0, 0.1) is 6.92 Å². The van der Waals surface area contributed by atoms with Crippen LogP contribution in [0.3, 0.4) is 0 Å². The molecule has 1 amide bonds. The summed E-state index contributed by atoms with van der Waals surface area (Å²) in [5, 5.41) is 0. The first-order valence-corrected chi connectivity index (χ1v) is 5.82. The van der Waals surface area contributed by atoms with Gasteiger partial charge in [0.1, 0.15) is 5.60 Å². The van der Waals surface area contributed by atoms with E-state index in [9.17, 15) is 4.79 Å². The van der Waals surface area contributed by atoms with E-state index in [4.69, 9.17) is 6.11 Å². The topological polar surface area (TPSA) is 29.5 Å². The first-order valence-electron chi connectivity index (χ1n) is 6.40. The number of amides is 1. The normalized spacial score (nSPS) is 19.9. The lowest BCUT2D eigenvalue weighted by Gasteiger charge is -2.25. The van der Waals surface area contributed by atoms with Crippen molar-refractivity contribution in [3.05, 3.63) is 29.3 Å². The first-order chi connectivity index (χ1) is 8.29. The van der Waals surface area contributed by atoms with Gasteiger partial charge in [0, 0.05) is 6.52 Å². The van der Waals surface area contributed by atoms with Crippen LogP contribution in [0.15, 0.2) is 18.2 Å². The average Bonchev–Trinajstić information content (AvgIpc) is 2.53. The molecule has 1 atom stereocenters. The number of fused-ring (bicyclic) bond motifs is 1. The number of hydrogen-bond acceptors (Lipinski definition) is 2. The third-order valence-electron chi connectivity index (χ3n) is 2.65. The average molecular weight is 234 g/mol. The summed E-state index contributed by atoms with van der Waals surface area (Å²) >= 11 is 0. The molecule has 1 aliphatic rings. The molecule has 1 aliphatic heterocycles. The van der Waals surface area contributed by atoms with Gasteiger partial charge in [-0.05, 0) is 45.2 Å². The predicted molar refractivity (Wildman–Crippen MR) is 68.5 cm³/mol. The van der Waals surface area contributed by atoms with Crippen molar-refractivity contribution in [2.24, 2.45) is 0 Å². The van der Waals surface area contributed by atoms with Gasteiger partial charge in [-0.1, -0.05) is 18.2 Å². The molecule has 3 heteroatoms. The fourth-order valence-corrected chi connectivity index (χ4v) is 1.99. The van der Waals surface area contributed by atoms with E-state index >= 15 is 0 Å². The monoisotopic (exact) mass is 234 g/mol. The molecule has 1 aromatic rings. The number of anilines is 1. The Bertz CT molecular complexity index is 479. The van der Waals surface area contributed by atoms with Crippen LogP contribution in [0.1, 0.15) is 33.3 Å². The summed E-state index contributed by atoms with van der Waals surface area (Å²) in [5.41, 5.74) is 2.35. The maximum Gasteiger partial charge on any atom is 0.414 e. The molecule has 1 aromatic carbocycles. The molecule has 0 radical (unpaired) electrons. The van der Waals surface area contributed by atoms with Crippen molar-refractivity contribution in [1.29, 1.82) is 0 Å². The van der Waals surface area contributed by atoms with Crippen molar-refractivity contribution in [1.82, 2.24) is 0 Å². The summed E-state index contributed by atoms with van der Waals surface area (Å²) in [6.45, 7) is 6.86. The molecule has 0 saturated carbocycles. The summed E-state index contributed by atoms with van der Waals surface area (Å²) < 4.78 is 13.4. The van der Waals surface area contributed by atoms with Crippen LogP contribution < -0.4 is 4.90 Å². The minimum absolute atomic E-state index is 0.435. The molecule has 92 valence electrons. The summed E-state index contributed by atoms with van der Waals surface area (Å²) in [7, 11) is 0. The van der Waals surface area contributed by atoms with E-state index in [2.05, 4.69) is 0 Å². The zero-order valence-electron chi connectivity index (χ0n) is 11.8. The van der Waals surface area contributed by atoms with Crippen LogP contribution in [0.2, 0.25) is 0 Å². The Morgan fingerprint density at radius 1 is 1.47 bits per heavy atom. The van der Waals surface area contributed by atoms with Crippen LogP contribution in [0.4, 0.5) is 10.5 Å². The number of carbonyl (C=O) groups is 1. The zero-order chi connectivity index (χ0) is 13.5. The van der Waals surface area contributed by atoms with Crippen molar-refractivity contribution in [2.45, 2.75) is 39.7 Å². The molecule has 1 unspecified atom stereocenters. The number of nitrogens with zero attached hydrogens (tertiary/aromatic N) is 1. The molecule has 0 N–H and O–H groups in total. The fourth-order valence-electron chi connectivity index (χ4n) is 1.99. The Morgan fingerprint density at radius 3 is 2.82 bits per heavy atom. The van der Waals surface area contributed by atoms with Gasteiger partial charge in [0.2, 0.25) is 0 Å². The van der Waals surface area contributed by atoms with Crippen LogP contribution in [0.5, 0.6) is 0 Å². The van der Waals surface area contributed by atoms with Gasteiger partial charge in [-0.25, -0.2) is 4.79 Å². The summed E-state index contributed by atoms with van der Waals surface area (Å²) in [5.74, 6) is 0. The molecular formula is C14H19NO2. The Hall–Kier alpha value is -1.51. The molecule has 2 rings (SSSR count). The van der Waals surface area contributed by atoms with Gasteiger partial charge in [0.25, 0.3) is 0 Å². The van der Waals surface area contributed by atoms with Crippen LogP contribution in [-0.2, 0) is 11.2 Å². The van der Waals surface area contributed by atoms with Crippen LogP contribution in [0.25, 0.3) is 0 Å². The van der Waals surface area contributed by atoms with Crippen molar-refractivity contribution >= 4 is 11.8 Å². The van der Waals surface area contributed by atoms with E-state index in [1.54, 1.807) is 0 Å². The van der Waals surface area contributed by atoms with E-state index in [1.807, 2.05) is 45.9 Å². The van der Waals surface area contributed by atoms with E-state index in [-0.39, 0.29) is 0 Å². The smallest absolute Gasteiger partial charge is 0.414 e. The third kappa shape index (κ3) is 2.43. The van der Waals surface area contributed by atoms with Gasteiger partial charge in [0.15, 0.2) is 0 Å². The number of aryl methyl sites for hydroxylation is 2. The molecule has 0 aromatic heterocycles. The van der Waals surface area contributed by atoms with E-state index in [0.29, 0.717) is 6.42 Å². The summed E-state index contributed by atoms with van der Waals surface area (Å²) in [4.78, 5) is 13.6. The molecular weight excluding hydrogens is 214 g/mol. The van der Waals surface area contributed by atoms with Gasteiger partial charge in [-0.15, -0.1) is 0 Å². The second-order valence-electron chi connectivity index (χ2n) is 5.32. The van der Waals surface area contributed by atoms with Gasteiger partial charge in [-0.3, -0.25) is 4.90 Å². The van der Waals surface area contributed by atoms with Gasteiger partial charge in [0.05, 0.1) is 7.06 Å². The largest absolute Gasteiger partial charge is 0.443 e. The summed E-state index contributed by atoms with van der Waals surface area (Å²) in [6, 6.07) is 5.88. The lowest BCUT2D eigenvalue weighted by Crippen LogP contribution is -2.36. The lowest BCUT2D eigenvalue weighted by atomic mass is 10.1. The Balaban J connectivity index is 2.33. The highest BCUT2D eigenvalue weighted by Gasteiger charge is 2.29. The van der Waals surface area contributed by atoms with Crippen LogP contribution >= 0.6 is 0 Å². The second kappa shape index (κ2) is 4.06. The SMILES string of the molecule is [2H]C1Cc2cccc(C)c2N1C(=O)OC(C)(C)C. The Kier molecular flexibility index (Phi) is 2.54. The molecule has 3 nitrogen and oxygen atoms in total. The molecule has 0 aliphatic carbocycles. The number of carbonyl (C=O) groups excluding carboxylic acids is 1. The Labute approximate surface area is 104 Å². The number of rotatable bonds is 0.